The molecule has 1 amide bonds. The number of carbonyl (C=O) groups is 1. The van der Waals surface area contributed by atoms with E-state index in [4.69, 9.17) is 0 Å². The largest absolute Gasteiger partial charge is 0.387 e. The van der Waals surface area contributed by atoms with Gasteiger partial charge in [-0.15, -0.1) is 11.3 Å². The molecule has 0 aliphatic carbocycles. The number of carbonyl (C=O) groups excluding carboxylic acids is 1. The van der Waals surface area contributed by atoms with Gasteiger partial charge in [0.1, 0.15) is 11.5 Å². The number of rotatable bonds is 4. The van der Waals surface area contributed by atoms with Crippen LogP contribution < -0.4 is 0 Å². The highest BCUT2D eigenvalue weighted by Crippen LogP contribution is 2.30. The normalized spacial score (nSPS) is 19.4. The van der Waals surface area contributed by atoms with E-state index in [0.29, 0.717) is 13.0 Å². The van der Waals surface area contributed by atoms with Crippen molar-refractivity contribution in [2.45, 2.75) is 31.4 Å². The van der Waals surface area contributed by atoms with Crippen molar-refractivity contribution in [3.63, 3.8) is 0 Å². The van der Waals surface area contributed by atoms with Gasteiger partial charge in [-0.05, 0) is 42.8 Å². The van der Waals surface area contributed by atoms with Crippen molar-refractivity contribution in [3.8, 4) is 0 Å². The molecule has 1 aliphatic heterocycles. The molecular formula is C16H17FN2O2S. The average molecular weight is 320 g/mol. The Hall–Kier alpha value is -1.79. The Morgan fingerprint density at radius 3 is 3.05 bits per heavy atom. The summed E-state index contributed by atoms with van der Waals surface area (Å²) in [5.41, 5.74) is 0.249. The molecular weight excluding hydrogens is 303 g/mol. The second-order valence-electron chi connectivity index (χ2n) is 5.42. The molecule has 0 aromatic carbocycles. The lowest BCUT2D eigenvalue weighted by molar-refractivity contribution is 0.0664. The van der Waals surface area contributed by atoms with Crippen LogP contribution in [0.5, 0.6) is 0 Å². The molecule has 6 heteroatoms. The number of halogens is 1. The minimum absolute atomic E-state index is 0.00328. The molecule has 0 spiro atoms. The molecule has 116 valence electrons. The number of hydrogen-bond acceptors (Lipinski definition) is 4. The van der Waals surface area contributed by atoms with Gasteiger partial charge in [0.05, 0.1) is 12.3 Å². The number of aliphatic hydroxyl groups excluding tert-OH is 1. The summed E-state index contributed by atoms with van der Waals surface area (Å²) in [4.78, 5) is 19.0. The molecule has 3 rings (SSSR count). The monoisotopic (exact) mass is 320 g/mol. The summed E-state index contributed by atoms with van der Waals surface area (Å²) in [6.07, 6.45) is 2.80. The van der Waals surface area contributed by atoms with Crippen molar-refractivity contribution in [1.29, 1.82) is 0 Å². The zero-order chi connectivity index (χ0) is 15.5. The fourth-order valence-corrected chi connectivity index (χ4v) is 3.58. The molecule has 1 N–H and O–H groups in total. The number of thiophene rings is 1. The highest BCUT2D eigenvalue weighted by Gasteiger charge is 2.32. The number of aliphatic hydroxyl groups is 1. The Bertz CT molecular complexity index is 630. The van der Waals surface area contributed by atoms with Crippen LogP contribution in [-0.2, 0) is 0 Å². The summed E-state index contributed by atoms with van der Waals surface area (Å²) in [6.45, 7) is 0.652. The highest BCUT2D eigenvalue weighted by atomic mass is 32.1. The van der Waals surface area contributed by atoms with Crippen LogP contribution in [0.4, 0.5) is 4.39 Å². The first-order chi connectivity index (χ1) is 10.6. The van der Waals surface area contributed by atoms with Crippen molar-refractivity contribution in [1.82, 2.24) is 9.88 Å². The first kappa shape index (κ1) is 15.1. The van der Waals surface area contributed by atoms with Gasteiger partial charge in [0.15, 0.2) is 0 Å². The molecule has 1 saturated heterocycles. The van der Waals surface area contributed by atoms with Crippen molar-refractivity contribution in [2.24, 2.45) is 0 Å². The molecule has 2 aromatic heterocycles. The van der Waals surface area contributed by atoms with Gasteiger partial charge < -0.3 is 10.0 Å². The summed E-state index contributed by atoms with van der Waals surface area (Å²) in [6, 6.07) is 6.45. The van der Waals surface area contributed by atoms with E-state index in [1.807, 2.05) is 17.5 Å². The zero-order valence-electron chi connectivity index (χ0n) is 12.0. The third-order valence-corrected chi connectivity index (χ3v) is 4.92. The second kappa shape index (κ2) is 6.54. The summed E-state index contributed by atoms with van der Waals surface area (Å²) in [5.74, 6) is -0.650. The lowest BCUT2D eigenvalue weighted by Gasteiger charge is -2.26. The number of pyridine rings is 1. The minimum atomic E-state index is -0.556. The third kappa shape index (κ3) is 3.18. The van der Waals surface area contributed by atoms with Crippen molar-refractivity contribution < 1.29 is 14.3 Å². The van der Waals surface area contributed by atoms with Crippen LogP contribution in [0.2, 0.25) is 0 Å². The van der Waals surface area contributed by atoms with Crippen LogP contribution in [0.15, 0.2) is 35.8 Å². The molecule has 2 aromatic rings. The van der Waals surface area contributed by atoms with Gasteiger partial charge in [-0.25, -0.2) is 9.37 Å². The van der Waals surface area contributed by atoms with E-state index in [1.54, 1.807) is 4.90 Å². The van der Waals surface area contributed by atoms with Gasteiger partial charge in [0.2, 0.25) is 0 Å². The summed E-state index contributed by atoms with van der Waals surface area (Å²) in [7, 11) is 0. The zero-order valence-corrected chi connectivity index (χ0v) is 12.8. The van der Waals surface area contributed by atoms with Crippen LogP contribution in [0, 0.1) is 5.82 Å². The minimum Gasteiger partial charge on any atom is -0.387 e. The SMILES string of the molecule is O=C(c1ccc(F)cn1)N1CCC[C@@H]1C[C@H](O)c1cccs1. The number of nitrogens with zero attached hydrogens (tertiary/aromatic N) is 2. The van der Waals surface area contributed by atoms with E-state index in [9.17, 15) is 14.3 Å². The van der Waals surface area contributed by atoms with Crippen molar-refractivity contribution in [2.75, 3.05) is 6.54 Å². The van der Waals surface area contributed by atoms with Gasteiger partial charge in [-0.2, -0.15) is 0 Å². The maximum Gasteiger partial charge on any atom is 0.272 e. The molecule has 22 heavy (non-hydrogen) atoms. The maximum absolute atomic E-state index is 12.9. The van der Waals surface area contributed by atoms with Crippen LogP contribution in [0.3, 0.4) is 0 Å². The van der Waals surface area contributed by atoms with Crippen LogP contribution >= 0.6 is 11.3 Å². The predicted octanol–water partition coefficient (Wildman–Crippen LogP) is 3.01. The highest BCUT2D eigenvalue weighted by molar-refractivity contribution is 7.10. The molecule has 0 saturated carbocycles. The number of amides is 1. The van der Waals surface area contributed by atoms with E-state index >= 15 is 0 Å². The van der Waals surface area contributed by atoms with Gasteiger partial charge in [-0.1, -0.05) is 6.07 Å². The predicted molar refractivity (Wildman–Crippen MR) is 82.1 cm³/mol. The Morgan fingerprint density at radius 1 is 1.50 bits per heavy atom. The molecule has 0 bridgehead atoms. The lowest BCUT2D eigenvalue weighted by Crippen LogP contribution is -2.36. The van der Waals surface area contributed by atoms with Crippen LogP contribution in [-0.4, -0.2) is 33.5 Å². The molecule has 2 atom stereocenters. The quantitative estimate of drug-likeness (QED) is 0.942. The smallest absolute Gasteiger partial charge is 0.272 e. The average Bonchev–Trinajstić information content (AvgIpc) is 3.18. The third-order valence-electron chi connectivity index (χ3n) is 3.95. The molecule has 3 heterocycles. The molecule has 4 nitrogen and oxygen atoms in total. The lowest BCUT2D eigenvalue weighted by atomic mass is 10.1. The van der Waals surface area contributed by atoms with E-state index in [2.05, 4.69) is 4.98 Å². The fraction of sp³-hybridized carbons (Fsp3) is 0.375. The Labute approximate surface area is 132 Å². The van der Waals surface area contributed by atoms with Gasteiger partial charge >= 0.3 is 0 Å². The van der Waals surface area contributed by atoms with Crippen LogP contribution in [0.1, 0.15) is 40.7 Å². The molecule has 0 radical (unpaired) electrons. The van der Waals surface area contributed by atoms with Crippen LogP contribution in [0.25, 0.3) is 0 Å². The Morgan fingerprint density at radius 2 is 2.36 bits per heavy atom. The summed E-state index contributed by atoms with van der Waals surface area (Å²) in [5, 5.41) is 12.2. The maximum atomic E-state index is 12.9. The van der Waals surface area contributed by atoms with Gasteiger partial charge in [0, 0.05) is 17.5 Å². The van der Waals surface area contributed by atoms with E-state index in [1.165, 1.54) is 23.5 Å². The topological polar surface area (TPSA) is 53.4 Å². The van der Waals surface area contributed by atoms with E-state index < -0.39 is 11.9 Å². The van der Waals surface area contributed by atoms with Crippen molar-refractivity contribution >= 4 is 17.2 Å². The van der Waals surface area contributed by atoms with Gasteiger partial charge in [-0.3, -0.25) is 4.79 Å². The first-order valence-electron chi connectivity index (χ1n) is 7.29. The van der Waals surface area contributed by atoms with Crippen molar-refractivity contribution in [3.05, 3.63) is 52.2 Å². The standard InChI is InChI=1S/C16H17FN2O2S/c17-11-5-6-13(18-10-11)16(21)19-7-1-3-12(19)9-14(20)15-4-2-8-22-15/h2,4-6,8,10,12,14,20H,1,3,7,9H2/t12-,14+/m1/s1. The Kier molecular flexibility index (Phi) is 4.49. The summed E-state index contributed by atoms with van der Waals surface area (Å²) >= 11 is 1.51. The number of likely N-dealkylation sites (tertiary alicyclic amines) is 1. The first-order valence-corrected chi connectivity index (χ1v) is 8.17. The molecule has 1 fully saturated rings. The molecule has 1 aliphatic rings. The van der Waals surface area contributed by atoms with E-state index in [-0.39, 0.29) is 17.6 Å². The van der Waals surface area contributed by atoms with E-state index in [0.717, 1.165) is 23.9 Å². The number of hydrogen-bond donors (Lipinski definition) is 1. The summed E-state index contributed by atoms with van der Waals surface area (Å²) < 4.78 is 12.9. The Balaban J connectivity index is 1.70. The fourth-order valence-electron chi connectivity index (χ4n) is 2.85. The van der Waals surface area contributed by atoms with Gasteiger partial charge in [0.25, 0.3) is 5.91 Å². The molecule has 0 unspecified atom stereocenters. The number of aromatic nitrogens is 1. The second-order valence-corrected chi connectivity index (χ2v) is 6.40.